The maximum absolute atomic E-state index is 12.9. The van der Waals surface area contributed by atoms with Crippen LogP contribution in [-0.2, 0) is 12.8 Å². The number of phenolic OH excluding ortho intramolecular Hbond substituents is 2. The van der Waals surface area contributed by atoms with Gasteiger partial charge < -0.3 is 15.3 Å². The molecule has 0 heterocycles. The quantitative estimate of drug-likeness (QED) is 0.592. The number of aromatic hydroxyl groups is 2. The Kier molecular flexibility index (Phi) is 3.44. The molecule has 3 N–H and O–H groups in total. The van der Waals surface area contributed by atoms with Gasteiger partial charge in [-0.25, -0.2) is 0 Å². The Morgan fingerprint density at radius 2 is 1.48 bits per heavy atom. The molecule has 2 aromatic carbocycles. The lowest BCUT2D eigenvalue weighted by atomic mass is 9.75. The fourth-order valence-electron chi connectivity index (χ4n) is 4.01. The molecule has 0 aromatic heterocycles. The van der Waals surface area contributed by atoms with E-state index in [0.717, 1.165) is 0 Å². The minimum absolute atomic E-state index is 0.0578. The molecule has 2 aromatic rings. The lowest BCUT2D eigenvalue weighted by molar-refractivity contribution is 0.0971. The number of hydrogen-bond donors (Lipinski definition) is 3. The van der Waals surface area contributed by atoms with Gasteiger partial charge in [0, 0.05) is 22.3 Å². The molecule has 0 saturated carbocycles. The lowest BCUT2D eigenvalue weighted by Gasteiger charge is -2.30. The number of benzene rings is 2. The molecule has 0 fully saturated rings. The standard InChI is InChI=1S/C20H18O5/c1-9(21)10-6-7-13-14(8-10)20(25)16-15(19(13)24)17(22)11-4-2-3-5-12(11)18(16)23/h2-5,9-10,21,24-25H,6-8H2,1H3. The molecule has 2 aliphatic rings. The average Bonchev–Trinajstić information content (AvgIpc) is 2.62. The van der Waals surface area contributed by atoms with E-state index in [1.165, 1.54) is 0 Å². The highest BCUT2D eigenvalue weighted by molar-refractivity contribution is 6.30. The molecule has 4 rings (SSSR count). The predicted molar refractivity (Wildman–Crippen MR) is 90.3 cm³/mol. The number of aliphatic hydroxyl groups is 1. The number of fused-ring (bicyclic) bond motifs is 3. The van der Waals surface area contributed by atoms with Crippen LogP contribution in [0, 0.1) is 5.92 Å². The van der Waals surface area contributed by atoms with Crippen LogP contribution in [0.25, 0.3) is 0 Å². The summed E-state index contributed by atoms with van der Waals surface area (Å²) in [6.07, 6.45) is 0.905. The summed E-state index contributed by atoms with van der Waals surface area (Å²) in [5.41, 5.74) is 1.23. The van der Waals surface area contributed by atoms with E-state index in [9.17, 15) is 24.9 Å². The molecule has 2 atom stereocenters. The van der Waals surface area contributed by atoms with Gasteiger partial charge in [0.05, 0.1) is 17.2 Å². The van der Waals surface area contributed by atoms with Crippen molar-refractivity contribution in [1.82, 2.24) is 0 Å². The van der Waals surface area contributed by atoms with Gasteiger partial charge in [0.1, 0.15) is 11.5 Å². The molecule has 2 unspecified atom stereocenters. The Hall–Kier alpha value is -2.66. The summed E-state index contributed by atoms with van der Waals surface area (Å²) in [6, 6.07) is 6.43. The maximum atomic E-state index is 12.9. The van der Waals surface area contributed by atoms with E-state index in [1.54, 1.807) is 31.2 Å². The molecule has 25 heavy (non-hydrogen) atoms. The smallest absolute Gasteiger partial charge is 0.198 e. The molecule has 0 aliphatic heterocycles. The molecule has 5 nitrogen and oxygen atoms in total. The molecule has 128 valence electrons. The fraction of sp³-hybridized carbons (Fsp3) is 0.300. The van der Waals surface area contributed by atoms with Crippen LogP contribution in [0.15, 0.2) is 24.3 Å². The Labute approximate surface area is 144 Å². The third-order valence-corrected chi connectivity index (χ3v) is 5.44. The van der Waals surface area contributed by atoms with Gasteiger partial charge in [-0.3, -0.25) is 9.59 Å². The van der Waals surface area contributed by atoms with Crippen LogP contribution in [-0.4, -0.2) is 33.0 Å². The van der Waals surface area contributed by atoms with Crippen molar-refractivity contribution in [1.29, 1.82) is 0 Å². The van der Waals surface area contributed by atoms with Gasteiger partial charge in [0.2, 0.25) is 0 Å². The van der Waals surface area contributed by atoms with Crippen molar-refractivity contribution in [2.75, 3.05) is 0 Å². The highest BCUT2D eigenvalue weighted by Crippen LogP contribution is 2.46. The highest BCUT2D eigenvalue weighted by Gasteiger charge is 2.39. The number of rotatable bonds is 1. The van der Waals surface area contributed by atoms with Gasteiger partial charge in [-0.1, -0.05) is 24.3 Å². The second-order valence-corrected chi connectivity index (χ2v) is 6.85. The summed E-state index contributed by atoms with van der Waals surface area (Å²) in [5.74, 6) is -1.41. The topological polar surface area (TPSA) is 94.8 Å². The van der Waals surface area contributed by atoms with E-state index in [2.05, 4.69) is 0 Å². The summed E-state index contributed by atoms with van der Waals surface area (Å²) in [7, 11) is 0. The van der Waals surface area contributed by atoms with Gasteiger partial charge in [0.25, 0.3) is 0 Å². The zero-order valence-corrected chi connectivity index (χ0v) is 13.7. The molecule has 0 amide bonds. The zero-order chi connectivity index (χ0) is 17.9. The third-order valence-electron chi connectivity index (χ3n) is 5.44. The summed E-state index contributed by atoms with van der Waals surface area (Å²) >= 11 is 0. The second kappa shape index (κ2) is 5.43. The SMILES string of the molecule is CC(O)C1CCc2c(O)c3c(c(O)c2C1)C(=O)c1ccccc1C3=O. The lowest BCUT2D eigenvalue weighted by Crippen LogP contribution is -2.27. The van der Waals surface area contributed by atoms with Crippen LogP contribution in [0.3, 0.4) is 0 Å². The van der Waals surface area contributed by atoms with Crippen LogP contribution in [0.2, 0.25) is 0 Å². The van der Waals surface area contributed by atoms with Crippen molar-refractivity contribution in [3.63, 3.8) is 0 Å². The van der Waals surface area contributed by atoms with Crippen LogP contribution in [0.5, 0.6) is 11.5 Å². The molecule has 0 radical (unpaired) electrons. The van der Waals surface area contributed by atoms with E-state index in [-0.39, 0.29) is 39.7 Å². The van der Waals surface area contributed by atoms with Crippen molar-refractivity contribution in [2.24, 2.45) is 5.92 Å². The molecule has 2 aliphatic carbocycles. The maximum Gasteiger partial charge on any atom is 0.198 e. The molecule has 0 bridgehead atoms. The average molecular weight is 338 g/mol. The number of hydrogen-bond acceptors (Lipinski definition) is 5. The zero-order valence-electron chi connectivity index (χ0n) is 13.7. The molecule has 0 saturated heterocycles. The first-order valence-electron chi connectivity index (χ1n) is 8.38. The summed E-state index contributed by atoms with van der Waals surface area (Å²) in [4.78, 5) is 25.7. The second-order valence-electron chi connectivity index (χ2n) is 6.85. The normalized spacial score (nSPS) is 19.8. The number of ketones is 2. The molecule has 0 spiro atoms. The fourth-order valence-corrected chi connectivity index (χ4v) is 4.01. The molecular formula is C20H18O5. The third kappa shape index (κ3) is 2.12. The first kappa shape index (κ1) is 15.8. The Bertz CT molecular complexity index is 926. The van der Waals surface area contributed by atoms with Crippen LogP contribution in [0.4, 0.5) is 0 Å². The Morgan fingerprint density at radius 1 is 0.960 bits per heavy atom. The van der Waals surface area contributed by atoms with Crippen LogP contribution < -0.4 is 0 Å². The van der Waals surface area contributed by atoms with E-state index < -0.39 is 17.7 Å². The van der Waals surface area contributed by atoms with Gasteiger partial charge in [0.15, 0.2) is 11.6 Å². The van der Waals surface area contributed by atoms with Crippen molar-refractivity contribution in [3.05, 3.63) is 57.6 Å². The Morgan fingerprint density at radius 3 is 2.00 bits per heavy atom. The minimum Gasteiger partial charge on any atom is -0.507 e. The van der Waals surface area contributed by atoms with Crippen molar-refractivity contribution < 1.29 is 24.9 Å². The summed E-state index contributed by atoms with van der Waals surface area (Å²) in [5, 5.41) is 31.3. The van der Waals surface area contributed by atoms with Gasteiger partial charge in [-0.2, -0.15) is 0 Å². The van der Waals surface area contributed by atoms with Crippen molar-refractivity contribution >= 4 is 11.6 Å². The monoisotopic (exact) mass is 338 g/mol. The predicted octanol–water partition coefficient (Wildman–Crippen LogP) is 2.36. The minimum atomic E-state index is -0.552. The van der Waals surface area contributed by atoms with Gasteiger partial charge in [-0.15, -0.1) is 0 Å². The van der Waals surface area contributed by atoms with E-state index in [1.807, 2.05) is 0 Å². The Balaban J connectivity index is 1.97. The van der Waals surface area contributed by atoms with Crippen molar-refractivity contribution in [3.8, 4) is 11.5 Å². The number of phenols is 2. The summed E-state index contributed by atoms with van der Waals surface area (Å²) < 4.78 is 0. The first-order chi connectivity index (χ1) is 11.9. The van der Waals surface area contributed by atoms with Gasteiger partial charge in [-0.05, 0) is 32.1 Å². The first-order valence-corrected chi connectivity index (χ1v) is 8.38. The molecular weight excluding hydrogens is 320 g/mol. The van der Waals surface area contributed by atoms with Crippen LogP contribution >= 0.6 is 0 Å². The van der Waals surface area contributed by atoms with Crippen LogP contribution in [0.1, 0.15) is 56.3 Å². The summed E-state index contributed by atoms with van der Waals surface area (Å²) in [6.45, 7) is 1.69. The van der Waals surface area contributed by atoms with E-state index in [0.29, 0.717) is 30.4 Å². The largest absolute Gasteiger partial charge is 0.507 e. The van der Waals surface area contributed by atoms with E-state index in [4.69, 9.17) is 0 Å². The highest BCUT2D eigenvalue weighted by atomic mass is 16.3. The molecule has 5 heteroatoms. The number of carbonyl (C=O) groups is 2. The number of carbonyl (C=O) groups excluding carboxylic acids is 2. The van der Waals surface area contributed by atoms with Gasteiger partial charge >= 0.3 is 0 Å². The van der Waals surface area contributed by atoms with Crippen molar-refractivity contribution in [2.45, 2.75) is 32.3 Å². The number of aliphatic hydroxyl groups excluding tert-OH is 1. The van der Waals surface area contributed by atoms with E-state index >= 15 is 0 Å².